The number of nitrogens with two attached hydrogens (primary N) is 1. The van der Waals surface area contributed by atoms with Crippen LogP contribution in [0.25, 0.3) is 11.1 Å². The summed E-state index contributed by atoms with van der Waals surface area (Å²) in [6, 6.07) is 14.8. The predicted octanol–water partition coefficient (Wildman–Crippen LogP) is 3.03. The topological polar surface area (TPSA) is 52.3 Å². The van der Waals surface area contributed by atoms with Crippen LogP contribution >= 0.6 is 0 Å². The molecule has 0 aliphatic carbocycles. The van der Waals surface area contributed by atoms with Gasteiger partial charge >= 0.3 is 5.97 Å². The van der Waals surface area contributed by atoms with E-state index >= 15 is 0 Å². The Kier molecular flexibility index (Phi) is 3.44. The first-order valence-corrected chi connectivity index (χ1v) is 5.49. The smallest absolute Gasteiger partial charge is 0.335 e. The molecule has 0 aliphatic heterocycles. The minimum absolute atomic E-state index is 0.463. The van der Waals surface area contributed by atoms with E-state index in [1.54, 1.807) is 12.1 Å². The zero-order chi connectivity index (χ0) is 13.0. The Morgan fingerprint density at radius 1 is 1.00 bits per heavy atom. The van der Waals surface area contributed by atoms with Crippen molar-refractivity contribution in [1.29, 1.82) is 0 Å². The van der Waals surface area contributed by atoms with E-state index in [0.717, 1.165) is 22.9 Å². The van der Waals surface area contributed by atoms with Gasteiger partial charge in [-0.25, -0.2) is 4.79 Å². The summed E-state index contributed by atoms with van der Waals surface area (Å²) >= 11 is 0. The van der Waals surface area contributed by atoms with Crippen molar-refractivity contribution in [2.75, 3.05) is 5.73 Å². The molecule has 2 aromatic rings. The number of anilines is 1. The first kappa shape index (κ1) is 11.9. The fourth-order valence-electron chi connectivity index (χ4n) is 1.55. The SMILES string of the molecule is C=CC(=O)Oc1ccc(-c2ccc(N)cc2)cc1. The molecule has 0 unspecified atom stereocenters. The van der Waals surface area contributed by atoms with Gasteiger partial charge in [-0.1, -0.05) is 30.8 Å². The van der Waals surface area contributed by atoms with Gasteiger partial charge in [0.25, 0.3) is 0 Å². The van der Waals surface area contributed by atoms with Crippen molar-refractivity contribution < 1.29 is 9.53 Å². The number of benzene rings is 2. The zero-order valence-corrected chi connectivity index (χ0v) is 9.80. The lowest BCUT2D eigenvalue weighted by molar-refractivity contribution is -0.128. The maximum absolute atomic E-state index is 11.0. The van der Waals surface area contributed by atoms with Gasteiger partial charge in [-0.2, -0.15) is 0 Å². The highest BCUT2D eigenvalue weighted by atomic mass is 16.5. The molecule has 0 amide bonds. The zero-order valence-electron chi connectivity index (χ0n) is 9.80. The number of hydrogen-bond donors (Lipinski definition) is 1. The van der Waals surface area contributed by atoms with E-state index in [2.05, 4.69) is 6.58 Å². The third-order valence-electron chi connectivity index (χ3n) is 2.48. The first-order valence-electron chi connectivity index (χ1n) is 5.49. The van der Waals surface area contributed by atoms with E-state index in [1.165, 1.54) is 0 Å². The van der Waals surface area contributed by atoms with Crippen LogP contribution in [0.3, 0.4) is 0 Å². The van der Waals surface area contributed by atoms with Gasteiger partial charge in [-0.05, 0) is 35.4 Å². The van der Waals surface area contributed by atoms with Crippen LogP contribution in [0, 0.1) is 0 Å². The number of esters is 1. The molecule has 0 spiro atoms. The average Bonchev–Trinajstić information content (AvgIpc) is 2.40. The van der Waals surface area contributed by atoms with E-state index in [1.807, 2.05) is 36.4 Å². The van der Waals surface area contributed by atoms with Crippen molar-refractivity contribution in [3.8, 4) is 16.9 Å². The molecule has 0 saturated carbocycles. The maximum atomic E-state index is 11.0. The lowest BCUT2D eigenvalue weighted by Crippen LogP contribution is -2.02. The second-order valence-corrected chi connectivity index (χ2v) is 3.77. The van der Waals surface area contributed by atoms with Crippen molar-refractivity contribution in [2.45, 2.75) is 0 Å². The van der Waals surface area contributed by atoms with E-state index in [-0.39, 0.29) is 0 Å². The van der Waals surface area contributed by atoms with Crippen LogP contribution in [0.5, 0.6) is 5.75 Å². The molecule has 0 heterocycles. The van der Waals surface area contributed by atoms with Gasteiger partial charge in [0.2, 0.25) is 0 Å². The normalized spacial score (nSPS) is 9.78. The Labute approximate surface area is 106 Å². The Morgan fingerprint density at radius 2 is 1.50 bits per heavy atom. The van der Waals surface area contributed by atoms with Gasteiger partial charge in [-0.3, -0.25) is 0 Å². The second-order valence-electron chi connectivity index (χ2n) is 3.77. The molecular formula is C15H13NO2. The number of carbonyl (C=O) groups is 1. The van der Waals surface area contributed by atoms with E-state index in [9.17, 15) is 4.79 Å². The molecule has 0 bridgehead atoms. The molecule has 2 aromatic carbocycles. The molecule has 2 rings (SSSR count). The van der Waals surface area contributed by atoms with Crippen LogP contribution in [0.2, 0.25) is 0 Å². The van der Waals surface area contributed by atoms with Gasteiger partial charge < -0.3 is 10.5 Å². The number of carbonyl (C=O) groups excluding carboxylic acids is 1. The Morgan fingerprint density at radius 3 is 2.00 bits per heavy atom. The molecule has 3 heteroatoms. The van der Waals surface area contributed by atoms with E-state index < -0.39 is 5.97 Å². The molecule has 0 atom stereocenters. The van der Waals surface area contributed by atoms with Gasteiger partial charge in [0.05, 0.1) is 0 Å². The number of rotatable bonds is 3. The highest BCUT2D eigenvalue weighted by Gasteiger charge is 2.01. The summed E-state index contributed by atoms with van der Waals surface area (Å²) in [5.41, 5.74) is 8.46. The molecule has 18 heavy (non-hydrogen) atoms. The highest BCUT2D eigenvalue weighted by molar-refractivity contribution is 5.83. The number of nitrogen functional groups attached to an aromatic ring is 1. The summed E-state index contributed by atoms with van der Waals surface area (Å²) in [6.07, 6.45) is 1.13. The van der Waals surface area contributed by atoms with Gasteiger partial charge in [0.1, 0.15) is 5.75 Å². The van der Waals surface area contributed by atoms with Crippen LogP contribution in [0.4, 0.5) is 5.69 Å². The summed E-state index contributed by atoms with van der Waals surface area (Å²) < 4.78 is 5.00. The standard InChI is InChI=1S/C15H13NO2/c1-2-15(17)18-14-9-5-12(6-10-14)11-3-7-13(16)8-4-11/h2-10H,1,16H2. The highest BCUT2D eigenvalue weighted by Crippen LogP contribution is 2.23. The monoisotopic (exact) mass is 239 g/mol. The quantitative estimate of drug-likeness (QED) is 0.387. The molecular weight excluding hydrogens is 226 g/mol. The summed E-state index contributed by atoms with van der Waals surface area (Å²) in [4.78, 5) is 11.0. The summed E-state index contributed by atoms with van der Waals surface area (Å²) in [7, 11) is 0. The lowest BCUT2D eigenvalue weighted by atomic mass is 10.1. The van der Waals surface area contributed by atoms with Crippen LogP contribution < -0.4 is 10.5 Å². The minimum atomic E-state index is -0.463. The van der Waals surface area contributed by atoms with Crippen molar-refractivity contribution in [3.05, 3.63) is 61.2 Å². The Hall–Kier alpha value is -2.55. The fraction of sp³-hybridized carbons (Fsp3) is 0. The Bertz CT molecular complexity index is 556. The maximum Gasteiger partial charge on any atom is 0.335 e. The molecule has 0 radical (unpaired) electrons. The Balaban J connectivity index is 2.19. The lowest BCUT2D eigenvalue weighted by Gasteiger charge is -2.04. The van der Waals surface area contributed by atoms with Crippen LogP contribution in [0.15, 0.2) is 61.2 Å². The largest absolute Gasteiger partial charge is 0.423 e. The van der Waals surface area contributed by atoms with Crippen molar-refractivity contribution >= 4 is 11.7 Å². The summed E-state index contributed by atoms with van der Waals surface area (Å²) in [6.45, 7) is 3.34. The molecule has 0 aliphatic rings. The van der Waals surface area contributed by atoms with Gasteiger partial charge in [-0.15, -0.1) is 0 Å². The first-order chi connectivity index (χ1) is 8.69. The molecule has 0 fully saturated rings. The summed E-state index contributed by atoms with van der Waals surface area (Å²) in [5, 5.41) is 0. The van der Waals surface area contributed by atoms with E-state index in [0.29, 0.717) is 5.75 Å². The van der Waals surface area contributed by atoms with Gasteiger partial charge in [0.15, 0.2) is 0 Å². The molecule has 2 N–H and O–H groups in total. The van der Waals surface area contributed by atoms with Crippen molar-refractivity contribution in [3.63, 3.8) is 0 Å². The molecule has 0 saturated heterocycles. The summed E-state index contributed by atoms with van der Waals surface area (Å²) in [5.74, 6) is 0.0364. The molecule has 3 nitrogen and oxygen atoms in total. The molecule has 90 valence electrons. The predicted molar refractivity (Wildman–Crippen MR) is 72.1 cm³/mol. The average molecular weight is 239 g/mol. The third kappa shape index (κ3) is 2.77. The fourth-order valence-corrected chi connectivity index (χ4v) is 1.55. The second kappa shape index (κ2) is 5.19. The van der Waals surface area contributed by atoms with Crippen LogP contribution in [0.1, 0.15) is 0 Å². The number of hydrogen-bond acceptors (Lipinski definition) is 3. The van der Waals surface area contributed by atoms with Crippen molar-refractivity contribution in [2.24, 2.45) is 0 Å². The van der Waals surface area contributed by atoms with Crippen LogP contribution in [-0.4, -0.2) is 5.97 Å². The third-order valence-corrected chi connectivity index (χ3v) is 2.48. The number of ether oxygens (including phenoxy) is 1. The van der Waals surface area contributed by atoms with Gasteiger partial charge in [0, 0.05) is 11.8 Å². The minimum Gasteiger partial charge on any atom is -0.423 e. The van der Waals surface area contributed by atoms with Crippen molar-refractivity contribution in [1.82, 2.24) is 0 Å². The molecule has 0 aromatic heterocycles. The van der Waals surface area contributed by atoms with Crippen LogP contribution in [-0.2, 0) is 4.79 Å². The van der Waals surface area contributed by atoms with E-state index in [4.69, 9.17) is 10.5 Å².